The lowest BCUT2D eigenvalue weighted by Gasteiger charge is -2.15. The Morgan fingerprint density at radius 3 is 2.52 bits per heavy atom. The fraction of sp³-hybridized carbons (Fsp3) is 0.346. The first-order valence-corrected chi connectivity index (χ1v) is 11.4. The molecule has 172 valence electrons. The summed E-state index contributed by atoms with van der Waals surface area (Å²) >= 11 is 0. The summed E-state index contributed by atoms with van der Waals surface area (Å²) in [6.45, 7) is 2.29. The van der Waals surface area contributed by atoms with Gasteiger partial charge in [0.1, 0.15) is 0 Å². The van der Waals surface area contributed by atoms with Gasteiger partial charge in [0.25, 0.3) is 5.56 Å². The number of rotatable bonds is 9. The summed E-state index contributed by atoms with van der Waals surface area (Å²) in [6.07, 6.45) is 5.88. The molecule has 2 aromatic carbocycles. The Balaban J connectivity index is 1.90. The molecule has 0 unspecified atom stereocenters. The van der Waals surface area contributed by atoms with E-state index in [0.717, 1.165) is 52.3 Å². The number of aryl methyl sites for hydroxylation is 2. The third kappa shape index (κ3) is 4.49. The Hall–Kier alpha value is -3.61. The maximum Gasteiger partial charge on any atom is 0.331 e. The number of carbonyl (C=O) groups is 1. The van der Waals surface area contributed by atoms with Crippen LogP contribution in [0.15, 0.2) is 58.3 Å². The monoisotopic (exact) mass is 447 g/mol. The second-order valence-corrected chi connectivity index (χ2v) is 8.56. The molecule has 0 amide bonds. The lowest BCUT2D eigenvalue weighted by atomic mass is 10.0. The smallest absolute Gasteiger partial charge is 0.331 e. The fourth-order valence-electron chi connectivity index (χ4n) is 4.48. The van der Waals surface area contributed by atoms with Gasteiger partial charge in [-0.05, 0) is 42.2 Å². The van der Waals surface area contributed by atoms with Gasteiger partial charge in [-0.25, -0.2) is 4.79 Å². The van der Waals surface area contributed by atoms with E-state index in [1.807, 2.05) is 54.2 Å². The van der Waals surface area contributed by atoms with Crippen LogP contribution in [0.2, 0.25) is 0 Å². The van der Waals surface area contributed by atoms with Crippen molar-refractivity contribution in [1.29, 1.82) is 0 Å². The molecule has 0 saturated heterocycles. The molecule has 1 N–H and O–H groups in total. The van der Waals surface area contributed by atoms with E-state index >= 15 is 0 Å². The number of hydrogen-bond acceptors (Lipinski definition) is 3. The first-order valence-electron chi connectivity index (χ1n) is 11.4. The van der Waals surface area contributed by atoms with Crippen LogP contribution in [0.4, 0.5) is 0 Å². The van der Waals surface area contributed by atoms with E-state index in [-0.39, 0.29) is 13.0 Å². The normalized spacial score (nSPS) is 11.5. The fourth-order valence-corrected chi connectivity index (χ4v) is 4.48. The van der Waals surface area contributed by atoms with E-state index in [2.05, 4.69) is 6.92 Å². The highest BCUT2D eigenvalue weighted by molar-refractivity contribution is 5.84. The van der Waals surface area contributed by atoms with Crippen molar-refractivity contribution >= 4 is 27.8 Å². The number of carboxylic acid groups (broad SMARTS) is 1. The molecule has 0 spiro atoms. The van der Waals surface area contributed by atoms with Crippen molar-refractivity contribution < 1.29 is 9.90 Å². The zero-order chi connectivity index (χ0) is 23.5. The van der Waals surface area contributed by atoms with Gasteiger partial charge in [0.2, 0.25) is 0 Å². The summed E-state index contributed by atoms with van der Waals surface area (Å²) in [6, 6.07) is 13.6. The molecule has 7 nitrogen and oxygen atoms in total. The van der Waals surface area contributed by atoms with Crippen LogP contribution in [0, 0.1) is 0 Å². The largest absolute Gasteiger partial charge is 0.481 e. The molecule has 0 aliphatic carbocycles. The average molecular weight is 448 g/mol. The first kappa shape index (κ1) is 22.6. The van der Waals surface area contributed by atoms with Crippen molar-refractivity contribution in [2.24, 2.45) is 7.05 Å². The van der Waals surface area contributed by atoms with E-state index in [1.54, 1.807) is 10.6 Å². The highest BCUT2D eigenvalue weighted by Crippen LogP contribution is 2.22. The lowest BCUT2D eigenvalue weighted by molar-refractivity contribution is -0.137. The molecule has 2 aromatic heterocycles. The third-order valence-electron chi connectivity index (χ3n) is 6.22. The predicted molar refractivity (Wildman–Crippen MR) is 130 cm³/mol. The minimum Gasteiger partial charge on any atom is -0.481 e. The number of hydrogen-bond donors (Lipinski definition) is 1. The standard InChI is InChI=1S/C26H29N3O4/c1-3-4-5-8-18-11-12-21-23(15-18)29(26(33)28(25(21)32)14-13-24(30)31)17-19-16-27(2)22-10-7-6-9-20(19)22/h6-7,9-12,15-16H,3-5,8,13-14,17H2,1-2H3,(H,30,31). The van der Waals surface area contributed by atoms with Crippen LogP contribution in [-0.2, 0) is 31.4 Å². The van der Waals surface area contributed by atoms with E-state index < -0.39 is 17.2 Å². The van der Waals surface area contributed by atoms with Gasteiger partial charge in [0.15, 0.2) is 0 Å². The Morgan fingerprint density at radius 2 is 1.76 bits per heavy atom. The summed E-state index contributed by atoms with van der Waals surface area (Å²) < 4.78 is 4.69. The summed E-state index contributed by atoms with van der Waals surface area (Å²) in [5, 5.41) is 10.6. The minimum absolute atomic E-state index is 0.156. The Labute approximate surface area is 191 Å². The van der Waals surface area contributed by atoms with Gasteiger partial charge < -0.3 is 9.67 Å². The lowest BCUT2D eigenvalue weighted by Crippen LogP contribution is -2.40. The predicted octanol–water partition coefficient (Wildman–Crippen LogP) is 3.91. The summed E-state index contributed by atoms with van der Waals surface area (Å²) in [4.78, 5) is 37.7. The van der Waals surface area contributed by atoms with Crippen LogP contribution >= 0.6 is 0 Å². The highest BCUT2D eigenvalue weighted by atomic mass is 16.4. The number of nitrogens with zero attached hydrogens (tertiary/aromatic N) is 3. The van der Waals surface area contributed by atoms with Crippen molar-refractivity contribution in [3.8, 4) is 0 Å². The molecule has 0 atom stereocenters. The third-order valence-corrected chi connectivity index (χ3v) is 6.22. The average Bonchev–Trinajstić information content (AvgIpc) is 3.12. The molecular formula is C26H29N3O4. The molecule has 0 aliphatic heterocycles. The van der Waals surface area contributed by atoms with Crippen LogP contribution < -0.4 is 11.2 Å². The number of aliphatic carboxylic acids is 1. The molecule has 33 heavy (non-hydrogen) atoms. The number of carboxylic acids is 1. The van der Waals surface area contributed by atoms with E-state index in [4.69, 9.17) is 5.11 Å². The number of fused-ring (bicyclic) bond motifs is 2. The number of para-hydroxylation sites is 1. The van der Waals surface area contributed by atoms with Gasteiger partial charge in [-0.2, -0.15) is 0 Å². The molecule has 0 bridgehead atoms. The van der Waals surface area contributed by atoms with Crippen molar-refractivity contribution in [3.63, 3.8) is 0 Å². The van der Waals surface area contributed by atoms with Crippen molar-refractivity contribution in [3.05, 3.63) is 80.6 Å². The number of unbranched alkanes of at least 4 members (excludes halogenated alkanes) is 2. The maximum atomic E-state index is 13.5. The highest BCUT2D eigenvalue weighted by Gasteiger charge is 2.16. The van der Waals surface area contributed by atoms with Gasteiger partial charge in [0.05, 0.1) is 23.9 Å². The zero-order valence-electron chi connectivity index (χ0n) is 19.1. The minimum atomic E-state index is -1.05. The van der Waals surface area contributed by atoms with Gasteiger partial charge in [-0.15, -0.1) is 0 Å². The van der Waals surface area contributed by atoms with E-state index in [1.165, 1.54) is 0 Å². The van der Waals surface area contributed by atoms with E-state index in [9.17, 15) is 14.4 Å². The number of aromatic nitrogens is 3. The van der Waals surface area contributed by atoms with Crippen LogP contribution in [0.25, 0.3) is 21.8 Å². The summed E-state index contributed by atoms with van der Waals surface area (Å²) in [5.74, 6) is -1.05. The quantitative estimate of drug-likeness (QED) is 0.394. The maximum absolute atomic E-state index is 13.5. The molecular weight excluding hydrogens is 418 g/mol. The molecule has 0 radical (unpaired) electrons. The van der Waals surface area contributed by atoms with Gasteiger partial charge in [-0.3, -0.25) is 18.7 Å². The van der Waals surface area contributed by atoms with Crippen LogP contribution in [0.5, 0.6) is 0 Å². The van der Waals surface area contributed by atoms with Gasteiger partial charge in [0, 0.05) is 30.7 Å². The molecule has 4 rings (SSSR count). The van der Waals surface area contributed by atoms with Crippen molar-refractivity contribution in [2.75, 3.05) is 0 Å². The SMILES string of the molecule is CCCCCc1ccc2c(=O)n(CCC(=O)O)c(=O)n(Cc3cn(C)c4ccccc34)c2c1. The first-order chi connectivity index (χ1) is 15.9. The molecule has 4 aromatic rings. The van der Waals surface area contributed by atoms with Crippen LogP contribution in [0.1, 0.15) is 43.7 Å². The molecule has 2 heterocycles. The second-order valence-electron chi connectivity index (χ2n) is 8.56. The summed E-state index contributed by atoms with van der Waals surface area (Å²) in [5.41, 5.74) is 2.79. The second kappa shape index (κ2) is 9.48. The van der Waals surface area contributed by atoms with Gasteiger partial charge >= 0.3 is 11.7 Å². The van der Waals surface area contributed by atoms with Crippen molar-refractivity contribution in [1.82, 2.24) is 13.7 Å². The molecule has 0 fully saturated rings. The van der Waals surface area contributed by atoms with Crippen LogP contribution in [0.3, 0.4) is 0 Å². The van der Waals surface area contributed by atoms with Crippen LogP contribution in [-0.4, -0.2) is 24.8 Å². The Bertz CT molecular complexity index is 1440. The molecule has 7 heteroatoms. The van der Waals surface area contributed by atoms with Gasteiger partial charge in [-0.1, -0.05) is 44.0 Å². The van der Waals surface area contributed by atoms with Crippen molar-refractivity contribution in [2.45, 2.75) is 52.1 Å². The molecule has 0 aliphatic rings. The van der Waals surface area contributed by atoms with E-state index in [0.29, 0.717) is 17.4 Å². The Kier molecular flexibility index (Phi) is 6.49. The summed E-state index contributed by atoms with van der Waals surface area (Å²) in [7, 11) is 1.96. The zero-order valence-corrected chi connectivity index (χ0v) is 19.1. The topological polar surface area (TPSA) is 86.2 Å². The number of benzene rings is 2. The molecule has 0 saturated carbocycles. The Morgan fingerprint density at radius 1 is 0.970 bits per heavy atom.